The van der Waals surface area contributed by atoms with Crippen LogP contribution in [0.15, 0.2) is 66.9 Å². The number of nitrogens with one attached hydrogen (secondary N) is 1. The Hall–Kier alpha value is -3.22. The second kappa shape index (κ2) is 9.51. The van der Waals surface area contributed by atoms with Gasteiger partial charge in [-0.3, -0.25) is 4.90 Å². The molecule has 0 saturated heterocycles. The van der Waals surface area contributed by atoms with E-state index in [1.807, 2.05) is 38.1 Å². The Labute approximate surface area is 190 Å². The summed E-state index contributed by atoms with van der Waals surface area (Å²) in [7, 11) is 0. The van der Waals surface area contributed by atoms with E-state index >= 15 is 0 Å². The Morgan fingerprint density at radius 1 is 1.03 bits per heavy atom. The van der Waals surface area contributed by atoms with Gasteiger partial charge in [0.05, 0.1) is 17.6 Å². The fourth-order valence-corrected chi connectivity index (χ4v) is 3.80. The molecule has 0 saturated carbocycles. The number of anilines is 3. The quantitative estimate of drug-likeness (QED) is 0.481. The molecule has 1 aromatic heterocycles. The topological polar surface area (TPSA) is 93.1 Å². The van der Waals surface area contributed by atoms with Gasteiger partial charge in [-0.15, -0.1) is 0 Å². The average molecular weight is 429 g/mol. The number of nitrogens with two attached hydrogens (primary N) is 2. The van der Waals surface area contributed by atoms with Crippen molar-refractivity contribution >= 4 is 17.3 Å². The van der Waals surface area contributed by atoms with Crippen molar-refractivity contribution in [3.63, 3.8) is 0 Å². The van der Waals surface area contributed by atoms with Gasteiger partial charge >= 0.3 is 0 Å². The largest absolute Gasteiger partial charge is 0.396 e. The number of aromatic nitrogens is 2. The Morgan fingerprint density at radius 3 is 2.44 bits per heavy atom. The van der Waals surface area contributed by atoms with E-state index in [0.717, 1.165) is 49.3 Å². The van der Waals surface area contributed by atoms with Gasteiger partial charge < -0.3 is 16.8 Å². The Kier molecular flexibility index (Phi) is 6.53. The molecule has 166 valence electrons. The van der Waals surface area contributed by atoms with E-state index in [1.165, 1.54) is 5.56 Å². The van der Waals surface area contributed by atoms with Gasteiger partial charge in [0, 0.05) is 36.4 Å². The first-order chi connectivity index (χ1) is 15.4. The molecule has 0 radical (unpaired) electrons. The maximum atomic E-state index is 6.19. The van der Waals surface area contributed by atoms with Crippen molar-refractivity contribution in [3.05, 3.63) is 78.0 Å². The molecular formula is C26H32N6. The smallest absolute Gasteiger partial charge is 0.227 e. The van der Waals surface area contributed by atoms with Crippen LogP contribution < -0.4 is 16.8 Å². The molecule has 0 bridgehead atoms. The molecule has 32 heavy (non-hydrogen) atoms. The van der Waals surface area contributed by atoms with E-state index in [1.54, 1.807) is 6.20 Å². The fraction of sp³-hybridized carbons (Fsp3) is 0.308. The molecule has 0 unspecified atom stereocenters. The summed E-state index contributed by atoms with van der Waals surface area (Å²) in [6.07, 6.45) is 8.36. The van der Waals surface area contributed by atoms with Crippen molar-refractivity contribution in [3.8, 4) is 11.3 Å². The first-order valence-corrected chi connectivity index (χ1v) is 11.1. The summed E-state index contributed by atoms with van der Waals surface area (Å²) in [5, 5.41) is 3.29. The Bertz CT molecular complexity index is 1060. The van der Waals surface area contributed by atoms with Crippen LogP contribution in [0.5, 0.6) is 0 Å². The summed E-state index contributed by atoms with van der Waals surface area (Å²) in [4.78, 5) is 11.5. The third kappa shape index (κ3) is 5.52. The van der Waals surface area contributed by atoms with Crippen molar-refractivity contribution in [2.45, 2.75) is 32.2 Å². The van der Waals surface area contributed by atoms with E-state index < -0.39 is 0 Å². The van der Waals surface area contributed by atoms with Gasteiger partial charge in [-0.25, -0.2) is 9.97 Å². The first kappa shape index (κ1) is 22.0. The third-order valence-electron chi connectivity index (χ3n) is 5.79. The van der Waals surface area contributed by atoms with Crippen LogP contribution in [-0.2, 0) is 12.0 Å². The van der Waals surface area contributed by atoms with E-state index in [-0.39, 0.29) is 5.54 Å². The molecule has 2 aromatic carbocycles. The molecule has 0 atom stereocenters. The zero-order valence-corrected chi connectivity index (χ0v) is 18.9. The summed E-state index contributed by atoms with van der Waals surface area (Å²) in [6.45, 7) is 7.27. The zero-order valence-electron chi connectivity index (χ0n) is 18.9. The number of nitrogen functional groups attached to an aromatic ring is 1. The molecule has 3 aromatic rings. The number of hydrogen-bond acceptors (Lipinski definition) is 6. The molecule has 1 aliphatic rings. The summed E-state index contributed by atoms with van der Waals surface area (Å²) in [5.41, 5.74) is 17.5. The number of nitrogens with zero attached hydrogens (tertiary/aromatic N) is 3. The van der Waals surface area contributed by atoms with Gasteiger partial charge in [-0.2, -0.15) is 0 Å². The summed E-state index contributed by atoms with van der Waals surface area (Å²) < 4.78 is 0. The van der Waals surface area contributed by atoms with Gasteiger partial charge in [0.1, 0.15) is 0 Å². The Balaban J connectivity index is 1.43. The van der Waals surface area contributed by atoms with Gasteiger partial charge in [0.15, 0.2) is 0 Å². The summed E-state index contributed by atoms with van der Waals surface area (Å²) >= 11 is 0. The highest BCUT2D eigenvalue weighted by Gasteiger charge is 2.15. The van der Waals surface area contributed by atoms with Gasteiger partial charge in [0.25, 0.3) is 0 Å². The minimum Gasteiger partial charge on any atom is -0.396 e. The van der Waals surface area contributed by atoms with Crippen molar-refractivity contribution in [2.24, 2.45) is 5.73 Å². The molecule has 4 rings (SSSR count). The van der Waals surface area contributed by atoms with Crippen LogP contribution in [0, 0.1) is 0 Å². The second-order valence-corrected chi connectivity index (χ2v) is 8.93. The molecule has 1 aliphatic heterocycles. The van der Waals surface area contributed by atoms with Crippen molar-refractivity contribution in [2.75, 3.05) is 30.7 Å². The average Bonchev–Trinajstić information content (AvgIpc) is 2.80. The monoisotopic (exact) mass is 428 g/mol. The fourth-order valence-electron chi connectivity index (χ4n) is 3.80. The highest BCUT2D eigenvalue weighted by atomic mass is 15.1. The van der Waals surface area contributed by atoms with Crippen molar-refractivity contribution in [1.82, 2.24) is 14.9 Å². The molecule has 2 heterocycles. The van der Waals surface area contributed by atoms with Crippen LogP contribution in [-0.4, -0.2) is 34.5 Å². The lowest BCUT2D eigenvalue weighted by Gasteiger charge is -2.22. The highest BCUT2D eigenvalue weighted by molar-refractivity contribution is 5.73. The van der Waals surface area contributed by atoms with Gasteiger partial charge in [-0.1, -0.05) is 48.6 Å². The minimum absolute atomic E-state index is 0.389. The maximum Gasteiger partial charge on any atom is 0.227 e. The third-order valence-corrected chi connectivity index (χ3v) is 5.79. The maximum absolute atomic E-state index is 6.19. The van der Waals surface area contributed by atoms with Crippen LogP contribution >= 0.6 is 0 Å². The standard InChI is InChI=1S/C26H32N6/c1-26(2,28)21-10-8-20(9-11-21)24-23(27)18-29-25(31-24)30-22-12-6-19(7-13-22)14-17-32-15-4-3-5-16-32/h3-4,6-13,18H,5,14-17,27-28H2,1-2H3,(H,29,30,31). The lowest BCUT2D eigenvalue weighted by atomic mass is 9.94. The number of hydrogen-bond donors (Lipinski definition) is 3. The predicted molar refractivity (Wildman–Crippen MR) is 133 cm³/mol. The molecule has 0 aliphatic carbocycles. The normalized spacial score (nSPS) is 14.5. The van der Waals surface area contributed by atoms with Gasteiger partial charge in [-0.05, 0) is 49.9 Å². The highest BCUT2D eigenvalue weighted by Crippen LogP contribution is 2.27. The SMILES string of the molecule is CC(C)(N)c1ccc(-c2nc(Nc3ccc(CCN4CC=CCC4)cc3)ncc2N)cc1. The second-order valence-electron chi connectivity index (χ2n) is 8.93. The Morgan fingerprint density at radius 2 is 1.78 bits per heavy atom. The number of benzene rings is 2. The summed E-state index contributed by atoms with van der Waals surface area (Å²) in [6, 6.07) is 16.5. The molecule has 0 amide bonds. The van der Waals surface area contributed by atoms with E-state index in [4.69, 9.17) is 11.5 Å². The molecular weight excluding hydrogens is 396 g/mol. The van der Waals surface area contributed by atoms with Crippen LogP contribution in [0.2, 0.25) is 0 Å². The summed E-state index contributed by atoms with van der Waals surface area (Å²) in [5.74, 6) is 0.519. The van der Waals surface area contributed by atoms with Crippen LogP contribution in [0.1, 0.15) is 31.4 Å². The molecule has 6 nitrogen and oxygen atoms in total. The van der Waals surface area contributed by atoms with E-state index in [9.17, 15) is 0 Å². The van der Waals surface area contributed by atoms with E-state index in [2.05, 4.69) is 56.6 Å². The van der Waals surface area contributed by atoms with Crippen molar-refractivity contribution in [1.29, 1.82) is 0 Å². The van der Waals surface area contributed by atoms with Crippen LogP contribution in [0.3, 0.4) is 0 Å². The minimum atomic E-state index is -0.389. The first-order valence-electron chi connectivity index (χ1n) is 11.1. The lowest BCUT2D eigenvalue weighted by Crippen LogP contribution is -2.29. The number of rotatable bonds is 7. The predicted octanol–water partition coefficient (Wildman–Crippen LogP) is 4.47. The molecule has 0 spiro atoms. The van der Waals surface area contributed by atoms with E-state index in [0.29, 0.717) is 17.3 Å². The van der Waals surface area contributed by atoms with Crippen LogP contribution in [0.4, 0.5) is 17.3 Å². The lowest BCUT2D eigenvalue weighted by molar-refractivity contribution is 0.302. The van der Waals surface area contributed by atoms with Gasteiger partial charge in [0.2, 0.25) is 5.95 Å². The molecule has 6 heteroatoms. The molecule has 5 N–H and O–H groups in total. The zero-order chi connectivity index (χ0) is 22.6. The van der Waals surface area contributed by atoms with Crippen LogP contribution in [0.25, 0.3) is 11.3 Å². The molecule has 0 fully saturated rings. The van der Waals surface area contributed by atoms with Crippen molar-refractivity contribution < 1.29 is 0 Å².